The molecule has 0 unspecified atom stereocenters. The van der Waals surface area contributed by atoms with Gasteiger partial charge in [-0.25, -0.2) is 4.79 Å². The molecule has 0 spiro atoms. The van der Waals surface area contributed by atoms with E-state index in [1.807, 2.05) is 0 Å². The van der Waals surface area contributed by atoms with Crippen LogP contribution in [0.1, 0.15) is 41.6 Å². The SMILES string of the molecule is O=C(Cc1ccccc1C(=O)O)NC(C1CC1)C1CC1. The van der Waals surface area contributed by atoms with Crippen molar-refractivity contribution in [1.29, 1.82) is 0 Å². The summed E-state index contributed by atoms with van der Waals surface area (Å²) in [5.74, 6) is 0.277. The highest BCUT2D eigenvalue weighted by Gasteiger charge is 2.42. The fraction of sp³-hybridized carbons (Fsp3) is 0.500. The third-order valence-electron chi connectivity index (χ3n) is 4.19. The van der Waals surface area contributed by atoms with Crippen LogP contribution in [-0.2, 0) is 11.2 Å². The second-order valence-electron chi connectivity index (χ2n) is 5.91. The van der Waals surface area contributed by atoms with E-state index in [2.05, 4.69) is 5.32 Å². The molecule has 0 radical (unpaired) electrons. The second kappa shape index (κ2) is 5.27. The number of benzene rings is 1. The Bertz CT molecular complexity index is 520. The minimum absolute atomic E-state index is 0.0532. The summed E-state index contributed by atoms with van der Waals surface area (Å²) in [4.78, 5) is 23.3. The number of carbonyl (C=O) groups excluding carboxylic acids is 1. The molecule has 0 atom stereocenters. The lowest BCUT2D eigenvalue weighted by atomic mass is 10.0. The molecule has 2 saturated carbocycles. The van der Waals surface area contributed by atoms with Crippen molar-refractivity contribution < 1.29 is 14.7 Å². The van der Waals surface area contributed by atoms with Crippen LogP contribution in [0.15, 0.2) is 24.3 Å². The smallest absolute Gasteiger partial charge is 0.335 e. The molecule has 1 aromatic rings. The van der Waals surface area contributed by atoms with E-state index < -0.39 is 5.97 Å². The summed E-state index contributed by atoms with van der Waals surface area (Å²) in [7, 11) is 0. The first-order valence-electron chi connectivity index (χ1n) is 7.25. The Kier molecular flexibility index (Phi) is 3.47. The Balaban J connectivity index is 1.65. The van der Waals surface area contributed by atoms with Crippen molar-refractivity contribution in [3.63, 3.8) is 0 Å². The van der Waals surface area contributed by atoms with Gasteiger partial charge >= 0.3 is 5.97 Å². The lowest BCUT2D eigenvalue weighted by molar-refractivity contribution is -0.121. The first-order chi connectivity index (χ1) is 9.65. The number of hydrogen-bond acceptors (Lipinski definition) is 2. The molecule has 0 heterocycles. The predicted molar refractivity (Wildman–Crippen MR) is 74.5 cm³/mol. The van der Waals surface area contributed by atoms with E-state index in [1.54, 1.807) is 24.3 Å². The minimum Gasteiger partial charge on any atom is -0.478 e. The molecule has 20 heavy (non-hydrogen) atoms. The standard InChI is InChI=1S/C16H19NO3/c18-14(17-15(10-5-6-10)11-7-8-11)9-12-3-1-2-4-13(12)16(19)20/h1-4,10-11,15H,5-9H2,(H,17,18)(H,19,20). The van der Waals surface area contributed by atoms with Gasteiger partial charge in [0.1, 0.15) is 0 Å². The largest absolute Gasteiger partial charge is 0.478 e. The maximum absolute atomic E-state index is 12.2. The molecule has 4 nitrogen and oxygen atoms in total. The van der Waals surface area contributed by atoms with Crippen molar-refractivity contribution in [2.24, 2.45) is 11.8 Å². The van der Waals surface area contributed by atoms with Crippen molar-refractivity contribution in [2.75, 3.05) is 0 Å². The molecular weight excluding hydrogens is 254 g/mol. The van der Waals surface area contributed by atoms with Gasteiger partial charge in [0.2, 0.25) is 5.91 Å². The van der Waals surface area contributed by atoms with Crippen LogP contribution in [0.4, 0.5) is 0 Å². The Morgan fingerprint density at radius 3 is 2.30 bits per heavy atom. The highest BCUT2D eigenvalue weighted by molar-refractivity contribution is 5.91. The third kappa shape index (κ3) is 3.00. The first-order valence-corrected chi connectivity index (χ1v) is 7.25. The van der Waals surface area contributed by atoms with Crippen molar-refractivity contribution in [2.45, 2.75) is 38.1 Å². The Morgan fingerprint density at radius 2 is 1.75 bits per heavy atom. The highest BCUT2D eigenvalue weighted by Crippen LogP contribution is 2.44. The number of hydrogen-bond donors (Lipinski definition) is 2. The number of rotatable bonds is 6. The van der Waals surface area contributed by atoms with Gasteiger partial charge in [-0.15, -0.1) is 0 Å². The van der Waals surface area contributed by atoms with Crippen molar-refractivity contribution >= 4 is 11.9 Å². The molecule has 2 aliphatic carbocycles. The van der Waals surface area contributed by atoms with Crippen LogP contribution in [0.25, 0.3) is 0 Å². The normalized spacial score (nSPS) is 18.1. The van der Waals surface area contributed by atoms with E-state index in [9.17, 15) is 9.59 Å². The topological polar surface area (TPSA) is 66.4 Å². The summed E-state index contributed by atoms with van der Waals surface area (Å²) >= 11 is 0. The molecule has 3 rings (SSSR count). The van der Waals surface area contributed by atoms with E-state index in [0.717, 1.165) is 0 Å². The van der Waals surface area contributed by atoms with E-state index in [0.29, 0.717) is 23.4 Å². The summed E-state index contributed by atoms with van der Waals surface area (Å²) in [5.41, 5.74) is 0.805. The maximum atomic E-state index is 12.2. The molecule has 0 aliphatic heterocycles. The van der Waals surface area contributed by atoms with Crippen molar-refractivity contribution in [3.05, 3.63) is 35.4 Å². The molecule has 1 aromatic carbocycles. The van der Waals surface area contributed by atoms with Gasteiger partial charge < -0.3 is 10.4 Å². The third-order valence-corrected chi connectivity index (χ3v) is 4.19. The second-order valence-corrected chi connectivity index (χ2v) is 5.91. The van der Waals surface area contributed by atoms with Crippen LogP contribution >= 0.6 is 0 Å². The zero-order valence-electron chi connectivity index (χ0n) is 11.3. The molecule has 4 heteroatoms. The molecule has 2 fully saturated rings. The Hall–Kier alpha value is -1.84. The monoisotopic (exact) mass is 273 g/mol. The number of carbonyl (C=O) groups is 2. The Morgan fingerprint density at radius 1 is 1.15 bits per heavy atom. The predicted octanol–water partition coefficient (Wildman–Crippen LogP) is 2.23. The van der Waals surface area contributed by atoms with Gasteiger partial charge in [-0.3, -0.25) is 4.79 Å². The Labute approximate surface area is 118 Å². The van der Waals surface area contributed by atoms with E-state index in [1.165, 1.54) is 25.7 Å². The van der Waals surface area contributed by atoms with Gasteiger partial charge in [0.05, 0.1) is 12.0 Å². The zero-order valence-corrected chi connectivity index (χ0v) is 11.3. The maximum Gasteiger partial charge on any atom is 0.335 e. The number of aromatic carboxylic acids is 1. The average molecular weight is 273 g/mol. The number of carboxylic acids is 1. The zero-order chi connectivity index (χ0) is 14.1. The van der Waals surface area contributed by atoms with Crippen LogP contribution in [0.3, 0.4) is 0 Å². The van der Waals surface area contributed by atoms with Gasteiger partial charge in [-0.1, -0.05) is 18.2 Å². The fourth-order valence-electron chi connectivity index (χ4n) is 2.82. The number of nitrogens with one attached hydrogen (secondary N) is 1. The molecule has 1 amide bonds. The van der Waals surface area contributed by atoms with E-state index in [4.69, 9.17) is 5.11 Å². The van der Waals surface area contributed by atoms with Crippen molar-refractivity contribution in [1.82, 2.24) is 5.32 Å². The van der Waals surface area contributed by atoms with Crippen LogP contribution < -0.4 is 5.32 Å². The summed E-state index contributed by atoms with van der Waals surface area (Å²) in [6, 6.07) is 7.03. The minimum atomic E-state index is -0.977. The number of carboxylic acid groups (broad SMARTS) is 1. The highest BCUT2D eigenvalue weighted by atomic mass is 16.4. The molecule has 0 aromatic heterocycles. The summed E-state index contributed by atoms with van der Waals surface area (Å²) in [6.07, 6.45) is 5.01. The molecule has 0 bridgehead atoms. The van der Waals surface area contributed by atoms with E-state index >= 15 is 0 Å². The lowest BCUT2D eigenvalue weighted by Gasteiger charge is -2.18. The molecule has 106 valence electrons. The number of amides is 1. The van der Waals surface area contributed by atoms with Crippen LogP contribution in [0.2, 0.25) is 0 Å². The van der Waals surface area contributed by atoms with Gasteiger partial charge in [0.25, 0.3) is 0 Å². The van der Waals surface area contributed by atoms with Crippen LogP contribution in [0.5, 0.6) is 0 Å². The van der Waals surface area contributed by atoms with Gasteiger partial charge in [0.15, 0.2) is 0 Å². The lowest BCUT2D eigenvalue weighted by Crippen LogP contribution is -2.39. The summed E-state index contributed by atoms with van der Waals surface area (Å²) in [6.45, 7) is 0. The summed E-state index contributed by atoms with van der Waals surface area (Å²) in [5, 5.41) is 12.2. The van der Waals surface area contributed by atoms with E-state index in [-0.39, 0.29) is 17.9 Å². The van der Waals surface area contributed by atoms with Crippen molar-refractivity contribution in [3.8, 4) is 0 Å². The average Bonchev–Trinajstić information content (AvgIpc) is 3.28. The molecule has 2 aliphatic rings. The molecular formula is C16H19NO3. The quantitative estimate of drug-likeness (QED) is 0.835. The van der Waals surface area contributed by atoms with Crippen LogP contribution in [-0.4, -0.2) is 23.0 Å². The van der Waals surface area contributed by atoms with Gasteiger partial charge in [-0.2, -0.15) is 0 Å². The molecule has 0 saturated heterocycles. The first kappa shape index (κ1) is 13.2. The molecule has 2 N–H and O–H groups in total. The van der Waals surface area contributed by atoms with Crippen LogP contribution in [0, 0.1) is 11.8 Å². The van der Waals surface area contributed by atoms with Gasteiger partial charge in [-0.05, 0) is 49.1 Å². The van der Waals surface area contributed by atoms with Gasteiger partial charge in [0, 0.05) is 6.04 Å². The summed E-state index contributed by atoms with van der Waals surface area (Å²) < 4.78 is 0. The fourth-order valence-corrected chi connectivity index (χ4v) is 2.82.